The van der Waals surface area contributed by atoms with Gasteiger partial charge in [-0.1, -0.05) is 12.1 Å². The third-order valence-electron chi connectivity index (χ3n) is 2.19. The van der Waals surface area contributed by atoms with Crippen molar-refractivity contribution in [3.8, 4) is 5.75 Å². The number of carbonyl (C=O) groups excluding carboxylic acids is 1. The Bertz CT molecular complexity index is 519. The second kappa shape index (κ2) is 5.05. The fourth-order valence-corrected chi connectivity index (χ4v) is 1.63. The lowest BCUT2D eigenvalue weighted by Crippen LogP contribution is -2.22. The smallest absolute Gasteiger partial charge is 0.287 e. The van der Waals surface area contributed by atoms with Crippen LogP contribution in [0.1, 0.15) is 16.1 Å². The first-order valence-corrected chi connectivity index (χ1v) is 5.76. The molecule has 0 fully saturated rings. The van der Waals surface area contributed by atoms with E-state index in [-0.39, 0.29) is 17.4 Å². The minimum Gasteiger partial charge on any atom is -0.508 e. The highest BCUT2D eigenvalue weighted by Crippen LogP contribution is 2.14. The first-order valence-electron chi connectivity index (χ1n) is 4.96. The quantitative estimate of drug-likeness (QED) is 0.915. The van der Waals surface area contributed by atoms with Crippen molar-refractivity contribution in [1.29, 1.82) is 0 Å². The molecule has 0 bridgehead atoms. The number of furan rings is 1. The summed E-state index contributed by atoms with van der Waals surface area (Å²) in [4.78, 5) is 11.6. The van der Waals surface area contributed by atoms with E-state index >= 15 is 0 Å². The fourth-order valence-electron chi connectivity index (χ4n) is 1.32. The third kappa shape index (κ3) is 3.10. The van der Waals surface area contributed by atoms with Gasteiger partial charge in [-0.05, 0) is 45.8 Å². The zero-order chi connectivity index (χ0) is 12.3. The van der Waals surface area contributed by atoms with Gasteiger partial charge in [-0.15, -0.1) is 0 Å². The lowest BCUT2D eigenvalue weighted by Gasteiger charge is -2.03. The number of hydrogen-bond acceptors (Lipinski definition) is 3. The minimum atomic E-state index is -0.274. The molecular formula is C12H10BrNO3. The van der Waals surface area contributed by atoms with Gasteiger partial charge in [0.05, 0.1) is 0 Å². The first kappa shape index (κ1) is 11.7. The van der Waals surface area contributed by atoms with Gasteiger partial charge in [0.1, 0.15) is 5.75 Å². The van der Waals surface area contributed by atoms with E-state index in [2.05, 4.69) is 21.2 Å². The highest BCUT2D eigenvalue weighted by molar-refractivity contribution is 9.10. The third-order valence-corrected chi connectivity index (χ3v) is 2.61. The molecule has 88 valence electrons. The molecule has 0 unspecified atom stereocenters. The molecule has 0 aliphatic carbocycles. The van der Waals surface area contributed by atoms with Crippen LogP contribution in [0.15, 0.2) is 45.5 Å². The summed E-state index contributed by atoms with van der Waals surface area (Å²) < 4.78 is 5.64. The number of halogens is 1. The number of benzene rings is 1. The molecule has 0 aliphatic rings. The monoisotopic (exact) mass is 295 g/mol. The van der Waals surface area contributed by atoms with Crippen LogP contribution in [0.5, 0.6) is 5.75 Å². The van der Waals surface area contributed by atoms with Gasteiger partial charge in [0.15, 0.2) is 10.4 Å². The van der Waals surface area contributed by atoms with Crippen molar-refractivity contribution in [2.75, 3.05) is 0 Å². The number of hydrogen-bond donors (Lipinski definition) is 2. The van der Waals surface area contributed by atoms with Crippen LogP contribution in [-0.4, -0.2) is 11.0 Å². The first-order chi connectivity index (χ1) is 8.15. The normalized spacial score (nSPS) is 10.2. The second-order valence-electron chi connectivity index (χ2n) is 3.45. The summed E-state index contributed by atoms with van der Waals surface area (Å²) in [5.41, 5.74) is 0.904. The van der Waals surface area contributed by atoms with Crippen molar-refractivity contribution in [3.05, 3.63) is 52.4 Å². The summed E-state index contributed by atoms with van der Waals surface area (Å²) in [5.74, 6) is 0.189. The van der Waals surface area contributed by atoms with Crippen LogP contribution in [0.3, 0.4) is 0 Å². The van der Waals surface area contributed by atoms with Gasteiger partial charge in [-0.3, -0.25) is 4.79 Å². The Balaban J connectivity index is 1.94. The number of phenols is 1. The summed E-state index contributed by atoms with van der Waals surface area (Å²) in [6, 6.07) is 9.89. The Kier molecular flexibility index (Phi) is 3.49. The van der Waals surface area contributed by atoms with Crippen molar-refractivity contribution in [3.63, 3.8) is 0 Å². The Morgan fingerprint density at radius 2 is 1.94 bits per heavy atom. The maximum absolute atomic E-state index is 11.6. The molecule has 0 saturated heterocycles. The van der Waals surface area contributed by atoms with E-state index in [9.17, 15) is 4.79 Å². The molecule has 4 nitrogen and oxygen atoms in total. The predicted octanol–water partition coefficient (Wildman–Crippen LogP) is 2.68. The van der Waals surface area contributed by atoms with Gasteiger partial charge in [-0.2, -0.15) is 0 Å². The van der Waals surface area contributed by atoms with Gasteiger partial charge >= 0.3 is 0 Å². The van der Waals surface area contributed by atoms with Gasteiger partial charge < -0.3 is 14.8 Å². The molecular weight excluding hydrogens is 286 g/mol. The van der Waals surface area contributed by atoms with Gasteiger partial charge in [0, 0.05) is 6.54 Å². The van der Waals surface area contributed by atoms with E-state index in [0.717, 1.165) is 5.56 Å². The van der Waals surface area contributed by atoms with E-state index in [1.165, 1.54) is 0 Å². The molecule has 5 heteroatoms. The minimum absolute atomic E-state index is 0.204. The number of nitrogens with one attached hydrogen (secondary N) is 1. The number of phenolic OH excluding ortho intramolecular Hbond substituents is 1. The zero-order valence-corrected chi connectivity index (χ0v) is 10.4. The largest absolute Gasteiger partial charge is 0.508 e. The molecule has 2 rings (SSSR count). The fraction of sp³-hybridized carbons (Fsp3) is 0.0833. The van der Waals surface area contributed by atoms with E-state index in [1.54, 1.807) is 36.4 Å². The van der Waals surface area contributed by atoms with E-state index in [1.807, 2.05) is 0 Å². The number of rotatable bonds is 3. The van der Waals surface area contributed by atoms with Crippen molar-refractivity contribution in [2.24, 2.45) is 0 Å². The van der Waals surface area contributed by atoms with E-state index < -0.39 is 0 Å². The molecule has 1 aromatic heterocycles. The lowest BCUT2D eigenvalue weighted by atomic mass is 10.2. The van der Waals surface area contributed by atoms with Crippen molar-refractivity contribution in [1.82, 2.24) is 5.32 Å². The molecule has 0 spiro atoms. The van der Waals surface area contributed by atoms with Crippen LogP contribution in [0.4, 0.5) is 0 Å². The van der Waals surface area contributed by atoms with Crippen LogP contribution in [0, 0.1) is 0 Å². The molecule has 0 aliphatic heterocycles. The topological polar surface area (TPSA) is 62.5 Å². The summed E-state index contributed by atoms with van der Waals surface area (Å²) >= 11 is 3.13. The Morgan fingerprint density at radius 1 is 1.24 bits per heavy atom. The Morgan fingerprint density at radius 3 is 2.53 bits per heavy atom. The molecule has 0 radical (unpaired) electrons. The molecule has 2 aromatic rings. The number of carbonyl (C=O) groups is 1. The Hall–Kier alpha value is -1.75. The van der Waals surface area contributed by atoms with E-state index in [0.29, 0.717) is 11.2 Å². The molecule has 1 heterocycles. The summed E-state index contributed by atoms with van der Waals surface area (Å²) in [7, 11) is 0. The van der Waals surface area contributed by atoms with Crippen LogP contribution in [0.25, 0.3) is 0 Å². The van der Waals surface area contributed by atoms with Gasteiger partial charge in [0.25, 0.3) is 5.91 Å². The predicted molar refractivity (Wildman–Crippen MR) is 65.7 cm³/mol. The molecule has 1 amide bonds. The molecule has 1 aromatic carbocycles. The SMILES string of the molecule is O=C(NCc1ccc(O)cc1)c1ccc(Br)o1. The summed E-state index contributed by atoms with van der Waals surface area (Å²) in [5, 5.41) is 11.8. The van der Waals surface area contributed by atoms with Crippen molar-refractivity contribution < 1.29 is 14.3 Å². The molecule has 0 saturated carbocycles. The highest BCUT2D eigenvalue weighted by atomic mass is 79.9. The van der Waals surface area contributed by atoms with Crippen LogP contribution < -0.4 is 5.32 Å². The molecule has 0 atom stereocenters. The standard InChI is InChI=1S/C12H10BrNO3/c13-11-6-5-10(17-11)12(16)14-7-8-1-3-9(15)4-2-8/h1-6,15H,7H2,(H,14,16). The van der Waals surface area contributed by atoms with Crippen LogP contribution in [-0.2, 0) is 6.54 Å². The maximum atomic E-state index is 11.6. The number of amides is 1. The highest BCUT2D eigenvalue weighted by Gasteiger charge is 2.09. The van der Waals surface area contributed by atoms with Crippen molar-refractivity contribution in [2.45, 2.75) is 6.54 Å². The molecule has 2 N–H and O–H groups in total. The van der Waals surface area contributed by atoms with Crippen molar-refractivity contribution >= 4 is 21.8 Å². The average molecular weight is 296 g/mol. The lowest BCUT2D eigenvalue weighted by molar-refractivity contribution is 0.0922. The van der Waals surface area contributed by atoms with Gasteiger partial charge in [0.2, 0.25) is 0 Å². The average Bonchev–Trinajstić information content (AvgIpc) is 2.75. The van der Waals surface area contributed by atoms with Crippen LogP contribution in [0.2, 0.25) is 0 Å². The summed E-state index contributed by atoms with van der Waals surface area (Å²) in [6.07, 6.45) is 0. The van der Waals surface area contributed by atoms with Crippen LogP contribution >= 0.6 is 15.9 Å². The van der Waals surface area contributed by atoms with Gasteiger partial charge in [-0.25, -0.2) is 0 Å². The second-order valence-corrected chi connectivity index (χ2v) is 4.23. The zero-order valence-electron chi connectivity index (χ0n) is 8.81. The molecule has 17 heavy (non-hydrogen) atoms. The maximum Gasteiger partial charge on any atom is 0.287 e. The summed E-state index contributed by atoms with van der Waals surface area (Å²) in [6.45, 7) is 0.386. The number of aromatic hydroxyl groups is 1. The van der Waals surface area contributed by atoms with E-state index in [4.69, 9.17) is 9.52 Å². The Labute approximate surface area is 106 Å².